The molecule has 2 aromatic carbocycles. The number of esters is 2. The van der Waals surface area contributed by atoms with Crippen molar-refractivity contribution in [2.75, 3.05) is 13.7 Å². The Morgan fingerprint density at radius 2 is 1.55 bits per heavy atom. The Balaban J connectivity index is 1.79. The lowest BCUT2D eigenvalue weighted by Gasteiger charge is -2.13. The topological polar surface area (TPSA) is 91.8 Å². The van der Waals surface area contributed by atoms with E-state index in [1.807, 2.05) is 0 Å². The Hall–Kier alpha value is -4.00. The number of aromatic nitrogens is 1. The number of rotatable bonds is 7. The van der Waals surface area contributed by atoms with Crippen LogP contribution in [0, 0.1) is 0 Å². The molecule has 0 fully saturated rings. The fourth-order valence-electron chi connectivity index (χ4n) is 2.54. The highest BCUT2D eigenvalue weighted by Gasteiger charge is 2.23. The van der Waals surface area contributed by atoms with Crippen molar-refractivity contribution in [3.05, 3.63) is 89.7 Å². The van der Waals surface area contributed by atoms with E-state index >= 15 is 0 Å². The van der Waals surface area contributed by atoms with Crippen molar-refractivity contribution in [2.24, 2.45) is 0 Å². The average molecular weight is 391 g/mol. The lowest BCUT2D eigenvalue weighted by atomic mass is 10.1. The number of benzene rings is 2. The molecule has 0 bridgehead atoms. The summed E-state index contributed by atoms with van der Waals surface area (Å²) in [6, 6.07) is 17.7. The zero-order chi connectivity index (χ0) is 20.6. The van der Waals surface area contributed by atoms with E-state index in [2.05, 4.69) is 4.98 Å². The minimum atomic E-state index is -0.728. The Morgan fingerprint density at radius 1 is 0.828 bits per heavy atom. The van der Waals surface area contributed by atoms with Gasteiger partial charge in [0, 0.05) is 6.20 Å². The highest BCUT2D eigenvalue weighted by molar-refractivity contribution is 6.04. The third-order valence-electron chi connectivity index (χ3n) is 3.91. The lowest BCUT2D eigenvalue weighted by molar-refractivity contribution is 0.0471. The monoisotopic (exact) mass is 391 g/mol. The first-order valence-corrected chi connectivity index (χ1v) is 8.65. The van der Waals surface area contributed by atoms with E-state index in [1.54, 1.807) is 54.6 Å². The minimum absolute atomic E-state index is 0.000132. The summed E-state index contributed by atoms with van der Waals surface area (Å²) in [5.41, 5.74) is 0.409. The summed E-state index contributed by atoms with van der Waals surface area (Å²) in [6.45, 7) is -0.539. The van der Waals surface area contributed by atoms with Gasteiger partial charge in [0.1, 0.15) is 22.8 Å². The van der Waals surface area contributed by atoms with Gasteiger partial charge in [0.25, 0.3) is 0 Å². The van der Waals surface area contributed by atoms with Crippen LogP contribution in [0.2, 0.25) is 0 Å². The SMILES string of the molecule is COc1cccc(OC(=O)c2ccccn2)c1C(=O)COC(=O)c1ccccc1. The number of Topliss-reactive ketones (excluding diaryl/α,β-unsaturated/α-hetero) is 1. The molecular weight excluding hydrogens is 374 g/mol. The molecule has 0 spiro atoms. The molecule has 3 rings (SSSR count). The van der Waals surface area contributed by atoms with Gasteiger partial charge in [-0.15, -0.1) is 0 Å². The maximum atomic E-state index is 12.7. The first kappa shape index (κ1) is 19.8. The largest absolute Gasteiger partial charge is 0.496 e. The van der Waals surface area contributed by atoms with Crippen molar-refractivity contribution in [1.29, 1.82) is 0 Å². The number of carbonyl (C=O) groups excluding carboxylic acids is 3. The van der Waals surface area contributed by atoms with Gasteiger partial charge >= 0.3 is 11.9 Å². The maximum Gasteiger partial charge on any atom is 0.362 e. The number of pyridine rings is 1. The van der Waals surface area contributed by atoms with Crippen molar-refractivity contribution < 1.29 is 28.6 Å². The number of methoxy groups -OCH3 is 1. The highest BCUT2D eigenvalue weighted by Crippen LogP contribution is 2.29. The number of hydrogen-bond donors (Lipinski definition) is 0. The van der Waals surface area contributed by atoms with E-state index in [0.717, 1.165) is 0 Å². The van der Waals surface area contributed by atoms with E-state index < -0.39 is 24.3 Å². The van der Waals surface area contributed by atoms with Crippen molar-refractivity contribution in [1.82, 2.24) is 4.98 Å². The van der Waals surface area contributed by atoms with Crippen molar-refractivity contribution >= 4 is 17.7 Å². The molecule has 0 aliphatic carbocycles. The zero-order valence-electron chi connectivity index (χ0n) is 15.5. The number of hydrogen-bond acceptors (Lipinski definition) is 7. The highest BCUT2D eigenvalue weighted by atomic mass is 16.5. The smallest absolute Gasteiger partial charge is 0.362 e. The van der Waals surface area contributed by atoms with E-state index in [0.29, 0.717) is 5.56 Å². The van der Waals surface area contributed by atoms with Crippen molar-refractivity contribution in [2.45, 2.75) is 0 Å². The molecule has 0 radical (unpaired) electrons. The molecule has 1 aromatic heterocycles. The van der Waals surface area contributed by atoms with Crippen LogP contribution in [0.25, 0.3) is 0 Å². The molecule has 3 aromatic rings. The van der Waals surface area contributed by atoms with Gasteiger partial charge < -0.3 is 14.2 Å². The van der Waals surface area contributed by atoms with Crippen LogP contribution < -0.4 is 9.47 Å². The Morgan fingerprint density at radius 3 is 2.24 bits per heavy atom. The van der Waals surface area contributed by atoms with Gasteiger partial charge in [-0.2, -0.15) is 0 Å². The predicted molar refractivity (Wildman–Crippen MR) is 103 cm³/mol. The second-order valence-electron chi connectivity index (χ2n) is 5.80. The first-order chi connectivity index (χ1) is 14.1. The second kappa shape index (κ2) is 9.27. The molecule has 29 heavy (non-hydrogen) atoms. The van der Waals surface area contributed by atoms with Crippen LogP contribution in [0.1, 0.15) is 31.2 Å². The standard InChI is InChI=1S/C22H17NO6/c1-27-18-11-7-12-19(29-22(26)16-10-5-6-13-23-16)20(18)17(24)14-28-21(25)15-8-3-2-4-9-15/h2-13H,14H2,1H3. The summed E-state index contributed by atoms with van der Waals surface area (Å²) in [4.78, 5) is 41.1. The first-order valence-electron chi connectivity index (χ1n) is 8.65. The van der Waals surface area contributed by atoms with Crippen LogP contribution in [-0.4, -0.2) is 36.4 Å². The summed E-state index contributed by atoms with van der Waals surface area (Å²) in [5, 5.41) is 0. The third kappa shape index (κ3) is 4.84. The molecular formula is C22H17NO6. The number of nitrogens with zero attached hydrogens (tertiary/aromatic N) is 1. The summed E-state index contributed by atoms with van der Waals surface area (Å²) >= 11 is 0. The summed E-state index contributed by atoms with van der Waals surface area (Å²) < 4.78 is 15.7. The van der Waals surface area contributed by atoms with Crippen LogP contribution in [0.15, 0.2) is 72.9 Å². The zero-order valence-corrected chi connectivity index (χ0v) is 15.5. The molecule has 0 N–H and O–H groups in total. The molecule has 0 aliphatic rings. The summed E-state index contributed by atoms with van der Waals surface area (Å²) in [6.07, 6.45) is 1.46. The molecule has 0 aliphatic heterocycles. The van der Waals surface area contributed by atoms with Gasteiger partial charge in [-0.1, -0.05) is 30.3 Å². The van der Waals surface area contributed by atoms with Crippen LogP contribution in [-0.2, 0) is 4.74 Å². The van der Waals surface area contributed by atoms with Crippen LogP contribution in [0.3, 0.4) is 0 Å². The molecule has 7 nitrogen and oxygen atoms in total. The van der Waals surface area contributed by atoms with Gasteiger partial charge in [-0.25, -0.2) is 14.6 Å². The molecule has 0 saturated carbocycles. The fourth-order valence-corrected chi connectivity index (χ4v) is 2.54. The van der Waals surface area contributed by atoms with Gasteiger partial charge in [0.15, 0.2) is 6.61 Å². The molecule has 0 amide bonds. The molecule has 146 valence electrons. The summed E-state index contributed by atoms with van der Waals surface area (Å²) in [7, 11) is 1.38. The van der Waals surface area contributed by atoms with E-state index in [-0.39, 0.29) is 22.8 Å². The number of ketones is 1. The minimum Gasteiger partial charge on any atom is -0.496 e. The number of ether oxygens (including phenoxy) is 3. The Kier molecular flexibility index (Phi) is 6.32. The fraction of sp³-hybridized carbons (Fsp3) is 0.0909. The van der Waals surface area contributed by atoms with Crippen LogP contribution in [0.5, 0.6) is 11.5 Å². The summed E-state index contributed by atoms with van der Waals surface area (Å²) in [5.74, 6) is -1.76. The molecule has 7 heteroatoms. The van der Waals surface area contributed by atoms with Gasteiger partial charge in [-0.05, 0) is 36.4 Å². The third-order valence-corrected chi connectivity index (χ3v) is 3.91. The lowest BCUT2D eigenvalue weighted by Crippen LogP contribution is -2.18. The second-order valence-corrected chi connectivity index (χ2v) is 5.80. The molecule has 0 atom stereocenters. The van der Waals surface area contributed by atoms with Crippen LogP contribution in [0.4, 0.5) is 0 Å². The number of carbonyl (C=O) groups is 3. The van der Waals surface area contributed by atoms with E-state index in [4.69, 9.17) is 14.2 Å². The molecule has 0 saturated heterocycles. The van der Waals surface area contributed by atoms with E-state index in [1.165, 1.54) is 25.4 Å². The van der Waals surface area contributed by atoms with Crippen LogP contribution >= 0.6 is 0 Å². The molecule has 1 heterocycles. The normalized spacial score (nSPS) is 10.1. The maximum absolute atomic E-state index is 12.7. The van der Waals surface area contributed by atoms with Gasteiger partial charge in [0.2, 0.25) is 5.78 Å². The van der Waals surface area contributed by atoms with E-state index in [9.17, 15) is 14.4 Å². The average Bonchev–Trinajstić information content (AvgIpc) is 2.78. The Bertz CT molecular complexity index is 1020. The quantitative estimate of drug-likeness (QED) is 0.346. The molecule has 0 unspecified atom stereocenters. The van der Waals surface area contributed by atoms with Gasteiger partial charge in [0.05, 0.1) is 12.7 Å². The Labute approximate surface area is 166 Å². The van der Waals surface area contributed by atoms with Gasteiger partial charge in [-0.3, -0.25) is 4.79 Å². The van der Waals surface area contributed by atoms with Crippen molar-refractivity contribution in [3.63, 3.8) is 0 Å². The predicted octanol–water partition coefficient (Wildman–Crippen LogP) is 3.35. The van der Waals surface area contributed by atoms with Crippen molar-refractivity contribution in [3.8, 4) is 11.5 Å².